The average Bonchev–Trinajstić information content (AvgIpc) is 2.36. The van der Waals surface area contributed by atoms with Crippen molar-refractivity contribution < 1.29 is 4.79 Å². The molecule has 0 aliphatic heterocycles. The summed E-state index contributed by atoms with van der Waals surface area (Å²) in [5, 5.41) is 5.87. The van der Waals surface area contributed by atoms with Gasteiger partial charge in [-0.15, -0.1) is 0 Å². The smallest absolute Gasteiger partial charge is 0.255 e. The maximum Gasteiger partial charge on any atom is 0.255 e. The van der Waals surface area contributed by atoms with Crippen LogP contribution in [-0.2, 0) is 0 Å². The predicted octanol–water partition coefficient (Wildman–Crippen LogP) is 3.21. The van der Waals surface area contributed by atoms with Gasteiger partial charge in [0.25, 0.3) is 5.91 Å². The molecule has 0 atom stereocenters. The topological polar surface area (TPSA) is 67.2 Å². The normalized spacial score (nSPS) is 10.0. The number of nitrogens with two attached hydrogens (primary N) is 1. The molecule has 0 spiro atoms. The number of anilines is 2. The Hall–Kier alpha value is -2.40. The molecule has 0 saturated heterocycles. The van der Waals surface area contributed by atoms with E-state index in [0.717, 1.165) is 16.8 Å². The Morgan fingerprint density at radius 3 is 2.29 bits per heavy atom. The van der Waals surface area contributed by atoms with Crippen molar-refractivity contribution in [1.29, 1.82) is 0 Å². The van der Waals surface area contributed by atoms with Crippen LogP contribution in [0, 0.1) is 13.8 Å². The number of hydrogen-bond acceptors (Lipinski definition) is 2. The van der Waals surface area contributed by atoms with Crippen molar-refractivity contribution in [2.45, 2.75) is 13.8 Å². The van der Waals surface area contributed by atoms with Crippen molar-refractivity contribution in [3.63, 3.8) is 0 Å². The minimum absolute atomic E-state index is 0.168. The van der Waals surface area contributed by atoms with Crippen molar-refractivity contribution in [2.24, 2.45) is 5.73 Å². The van der Waals surface area contributed by atoms with Crippen molar-refractivity contribution in [2.75, 3.05) is 10.6 Å². The van der Waals surface area contributed by atoms with E-state index < -0.39 is 0 Å². The Labute approximate surface area is 129 Å². The molecule has 0 unspecified atom stereocenters. The second-order valence-electron chi connectivity index (χ2n) is 4.90. The molecule has 0 aromatic heterocycles. The maximum atomic E-state index is 12.3. The zero-order chi connectivity index (χ0) is 15.4. The molecule has 2 rings (SSSR count). The highest BCUT2D eigenvalue weighted by Crippen LogP contribution is 2.16. The van der Waals surface area contributed by atoms with Gasteiger partial charge >= 0.3 is 0 Å². The van der Waals surface area contributed by atoms with E-state index in [9.17, 15) is 4.79 Å². The third-order valence-corrected chi connectivity index (χ3v) is 2.97. The van der Waals surface area contributed by atoms with Crippen LogP contribution in [0.5, 0.6) is 0 Å². The van der Waals surface area contributed by atoms with Crippen LogP contribution in [0.15, 0.2) is 42.5 Å². The predicted molar refractivity (Wildman–Crippen MR) is 90.7 cm³/mol. The fourth-order valence-corrected chi connectivity index (χ4v) is 2.25. The highest BCUT2D eigenvalue weighted by molar-refractivity contribution is 7.80. The molecular formula is C16H17N3OS. The Kier molecular flexibility index (Phi) is 4.55. The minimum Gasteiger partial charge on any atom is -0.376 e. The number of aryl methyl sites for hydroxylation is 2. The Morgan fingerprint density at radius 1 is 1.00 bits per heavy atom. The first-order valence-electron chi connectivity index (χ1n) is 6.50. The van der Waals surface area contributed by atoms with Gasteiger partial charge in [-0.25, -0.2) is 0 Å². The standard InChI is InChI=1S/C16H17N3OS/c1-10-6-11(2)8-14(7-10)18-15(20)12-4-3-5-13(9-12)19-16(17)21/h3-9H,1-2H3,(H,18,20)(H3,17,19,21). The highest BCUT2D eigenvalue weighted by atomic mass is 32.1. The summed E-state index contributed by atoms with van der Waals surface area (Å²) >= 11 is 4.79. The molecule has 0 radical (unpaired) electrons. The van der Waals surface area contributed by atoms with Crippen LogP contribution < -0.4 is 16.4 Å². The first-order valence-corrected chi connectivity index (χ1v) is 6.91. The lowest BCUT2D eigenvalue weighted by Crippen LogP contribution is -2.19. The summed E-state index contributed by atoms with van der Waals surface area (Å²) in [6.45, 7) is 3.99. The number of carbonyl (C=O) groups is 1. The number of carbonyl (C=O) groups excluding carboxylic acids is 1. The third kappa shape index (κ3) is 4.29. The maximum absolute atomic E-state index is 12.3. The van der Waals surface area contributed by atoms with Crippen LogP contribution in [0.25, 0.3) is 0 Å². The number of nitrogens with one attached hydrogen (secondary N) is 2. The summed E-state index contributed by atoms with van der Waals surface area (Å²) in [6.07, 6.45) is 0. The van der Waals surface area contributed by atoms with Gasteiger partial charge in [0.1, 0.15) is 0 Å². The summed E-state index contributed by atoms with van der Waals surface area (Å²) in [6, 6.07) is 12.9. The molecule has 1 amide bonds. The highest BCUT2D eigenvalue weighted by Gasteiger charge is 2.07. The van der Waals surface area contributed by atoms with Gasteiger partial charge in [0, 0.05) is 16.9 Å². The molecule has 4 nitrogen and oxygen atoms in total. The zero-order valence-electron chi connectivity index (χ0n) is 11.9. The van der Waals surface area contributed by atoms with E-state index in [1.807, 2.05) is 26.0 Å². The molecular weight excluding hydrogens is 282 g/mol. The lowest BCUT2D eigenvalue weighted by Gasteiger charge is -2.09. The van der Waals surface area contributed by atoms with E-state index in [1.165, 1.54) is 0 Å². The van der Waals surface area contributed by atoms with Gasteiger partial charge in [0.05, 0.1) is 0 Å². The van der Waals surface area contributed by atoms with Gasteiger partial charge in [-0.05, 0) is 67.5 Å². The number of hydrogen-bond donors (Lipinski definition) is 3. The molecule has 2 aromatic rings. The summed E-state index contributed by atoms with van der Waals surface area (Å²) < 4.78 is 0. The number of benzene rings is 2. The SMILES string of the molecule is Cc1cc(C)cc(NC(=O)c2cccc(NC(N)=S)c2)c1. The molecule has 0 saturated carbocycles. The Bertz CT molecular complexity index is 677. The van der Waals surface area contributed by atoms with Crippen molar-refractivity contribution in [1.82, 2.24) is 0 Å². The van der Waals surface area contributed by atoms with Crippen LogP contribution in [0.4, 0.5) is 11.4 Å². The van der Waals surface area contributed by atoms with E-state index in [-0.39, 0.29) is 11.0 Å². The van der Waals surface area contributed by atoms with Crippen LogP contribution in [0.3, 0.4) is 0 Å². The van der Waals surface area contributed by atoms with Crippen LogP contribution in [-0.4, -0.2) is 11.0 Å². The molecule has 5 heteroatoms. The van der Waals surface area contributed by atoms with E-state index in [4.69, 9.17) is 18.0 Å². The third-order valence-electron chi connectivity index (χ3n) is 2.87. The van der Waals surface area contributed by atoms with E-state index in [2.05, 4.69) is 16.7 Å². The second-order valence-corrected chi connectivity index (χ2v) is 5.34. The van der Waals surface area contributed by atoms with Gasteiger partial charge < -0.3 is 16.4 Å². The molecule has 2 aromatic carbocycles. The molecule has 0 aliphatic carbocycles. The first kappa shape index (κ1) is 15.0. The lowest BCUT2D eigenvalue weighted by molar-refractivity contribution is 0.102. The zero-order valence-corrected chi connectivity index (χ0v) is 12.8. The van der Waals surface area contributed by atoms with E-state index in [1.54, 1.807) is 24.3 Å². The van der Waals surface area contributed by atoms with Crippen LogP contribution >= 0.6 is 12.2 Å². The largest absolute Gasteiger partial charge is 0.376 e. The monoisotopic (exact) mass is 299 g/mol. The quantitative estimate of drug-likeness (QED) is 0.761. The van der Waals surface area contributed by atoms with Crippen LogP contribution in [0.1, 0.15) is 21.5 Å². The van der Waals surface area contributed by atoms with Crippen LogP contribution in [0.2, 0.25) is 0 Å². The Morgan fingerprint density at radius 2 is 1.67 bits per heavy atom. The van der Waals surface area contributed by atoms with Crippen molar-refractivity contribution >= 4 is 34.6 Å². The first-order chi connectivity index (χ1) is 9.94. The molecule has 0 aliphatic rings. The molecule has 21 heavy (non-hydrogen) atoms. The number of thiocarbonyl (C=S) groups is 1. The van der Waals surface area contributed by atoms with E-state index in [0.29, 0.717) is 11.3 Å². The second kappa shape index (κ2) is 6.37. The molecule has 4 N–H and O–H groups in total. The van der Waals surface area contributed by atoms with Crippen molar-refractivity contribution in [3.05, 3.63) is 59.2 Å². The van der Waals surface area contributed by atoms with E-state index >= 15 is 0 Å². The average molecular weight is 299 g/mol. The molecule has 0 heterocycles. The summed E-state index contributed by atoms with van der Waals surface area (Å²) in [7, 11) is 0. The summed E-state index contributed by atoms with van der Waals surface area (Å²) in [5.41, 5.74) is 9.65. The molecule has 108 valence electrons. The van der Waals surface area contributed by atoms with Gasteiger partial charge in [0.2, 0.25) is 0 Å². The molecule has 0 fully saturated rings. The summed E-state index contributed by atoms with van der Waals surface area (Å²) in [5.74, 6) is -0.174. The fourth-order valence-electron chi connectivity index (χ4n) is 2.13. The van der Waals surface area contributed by atoms with Gasteiger partial charge in [-0.2, -0.15) is 0 Å². The van der Waals surface area contributed by atoms with Gasteiger partial charge in [0.15, 0.2) is 5.11 Å². The van der Waals surface area contributed by atoms with Crippen molar-refractivity contribution in [3.8, 4) is 0 Å². The fraction of sp³-hybridized carbons (Fsp3) is 0.125. The molecule has 0 bridgehead atoms. The number of amides is 1. The Balaban J connectivity index is 2.18. The van der Waals surface area contributed by atoms with Gasteiger partial charge in [-0.3, -0.25) is 4.79 Å². The lowest BCUT2D eigenvalue weighted by atomic mass is 10.1. The number of rotatable bonds is 3. The minimum atomic E-state index is -0.174. The van der Waals surface area contributed by atoms with Gasteiger partial charge in [-0.1, -0.05) is 12.1 Å². The summed E-state index contributed by atoms with van der Waals surface area (Å²) in [4.78, 5) is 12.3.